The normalized spacial score (nSPS) is 14.7. The molecule has 0 spiro atoms. The molecule has 96 valence electrons. The second-order valence-electron chi connectivity index (χ2n) is 3.73. The van der Waals surface area contributed by atoms with Gasteiger partial charge in [0.25, 0.3) is 11.8 Å². The maximum Gasteiger partial charge on any atom is 0.335 e. The Bertz CT molecular complexity index is 614. The van der Waals surface area contributed by atoms with E-state index in [1.54, 1.807) is 6.07 Å². The number of aromatic carboxylic acids is 1. The largest absolute Gasteiger partial charge is 0.478 e. The molecule has 6 nitrogen and oxygen atoms in total. The highest BCUT2D eigenvalue weighted by atomic mass is 32.1. The second kappa shape index (κ2) is 4.99. The number of amides is 2. The third-order valence-corrected chi connectivity index (χ3v) is 2.59. The number of rotatable bonds is 2. The first-order valence-electron chi connectivity index (χ1n) is 5.19. The van der Waals surface area contributed by atoms with Crippen molar-refractivity contribution < 1.29 is 19.5 Å². The summed E-state index contributed by atoms with van der Waals surface area (Å²) in [5, 5.41) is 13.4. The second-order valence-corrected chi connectivity index (χ2v) is 4.13. The molecule has 0 radical (unpaired) electrons. The summed E-state index contributed by atoms with van der Waals surface area (Å²) < 4.78 is 0. The highest BCUT2D eigenvalue weighted by Crippen LogP contribution is 2.12. The Kier molecular flexibility index (Phi) is 3.39. The van der Waals surface area contributed by atoms with Gasteiger partial charge >= 0.3 is 5.97 Å². The summed E-state index contributed by atoms with van der Waals surface area (Å²) in [7, 11) is 0. The lowest BCUT2D eigenvalue weighted by atomic mass is 10.1. The quantitative estimate of drug-likeness (QED) is 0.410. The molecule has 1 aromatic rings. The predicted octanol–water partition coefficient (Wildman–Crippen LogP) is 0.299. The number of carbonyl (C=O) groups is 3. The Labute approximate surface area is 113 Å². The molecule has 0 aliphatic carbocycles. The molecule has 1 saturated heterocycles. The zero-order valence-corrected chi connectivity index (χ0v) is 10.3. The summed E-state index contributed by atoms with van der Waals surface area (Å²) in [6, 6.07) is 5.90. The Morgan fingerprint density at radius 2 is 1.84 bits per heavy atom. The van der Waals surface area contributed by atoms with E-state index < -0.39 is 17.8 Å². The van der Waals surface area contributed by atoms with Gasteiger partial charge < -0.3 is 5.11 Å². The molecular formula is C12H8N2O4S. The van der Waals surface area contributed by atoms with E-state index in [1.165, 1.54) is 24.3 Å². The Hall–Kier alpha value is -2.54. The average Bonchev–Trinajstić information content (AvgIpc) is 2.34. The molecule has 0 aromatic heterocycles. The zero-order chi connectivity index (χ0) is 14.0. The molecule has 2 amide bonds. The number of hydrogen-bond donors (Lipinski definition) is 3. The molecule has 1 aliphatic rings. The van der Waals surface area contributed by atoms with Crippen molar-refractivity contribution in [2.24, 2.45) is 0 Å². The number of carboxylic acid groups (broad SMARTS) is 1. The molecular weight excluding hydrogens is 268 g/mol. The van der Waals surface area contributed by atoms with E-state index in [0.717, 1.165) is 0 Å². The lowest BCUT2D eigenvalue weighted by Crippen LogP contribution is -2.51. The molecule has 1 aliphatic heterocycles. The zero-order valence-electron chi connectivity index (χ0n) is 9.47. The third-order valence-electron chi connectivity index (χ3n) is 2.39. The SMILES string of the molecule is O=C1NC(=S)NC(=O)C1=Cc1cccc(C(=O)O)c1. The van der Waals surface area contributed by atoms with E-state index in [9.17, 15) is 14.4 Å². The summed E-state index contributed by atoms with van der Waals surface area (Å²) in [5.41, 5.74) is 0.380. The first-order valence-corrected chi connectivity index (χ1v) is 5.60. The van der Waals surface area contributed by atoms with Crippen molar-refractivity contribution in [3.8, 4) is 0 Å². The fourth-order valence-electron chi connectivity index (χ4n) is 1.53. The summed E-state index contributed by atoms with van der Waals surface area (Å²) in [6.07, 6.45) is 1.30. The molecule has 3 N–H and O–H groups in total. The molecule has 2 rings (SSSR count). The number of benzene rings is 1. The van der Waals surface area contributed by atoms with Crippen LogP contribution in [0.1, 0.15) is 15.9 Å². The van der Waals surface area contributed by atoms with Crippen LogP contribution in [0, 0.1) is 0 Å². The lowest BCUT2D eigenvalue weighted by Gasteiger charge is -2.16. The van der Waals surface area contributed by atoms with Crippen molar-refractivity contribution in [3.63, 3.8) is 0 Å². The van der Waals surface area contributed by atoms with Crippen molar-refractivity contribution in [1.82, 2.24) is 10.6 Å². The van der Waals surface area contributed by atoms with Gasteiger partial charge in [-0.05, 0) is 36.0 Å². The van der Waals surface area contributed by atoms with Crippen molar-refractivity contribution in [2.75, 3.05) is 0 Å². The van der Waals surface area contributed by atoms with E-state index in [4.69, 9.17) is 5.11 Å². The molecule has 1 fully saturated rings. The monoisotopic (exact) mass is 276 g/mol. The van der Waals surface area contributed by atoms with Crippen LogP contribution >= 0.6 is 12.2 Å². The molecule has 1 aromatic carbocycles. The Balaban J connectivity index is 2.37. The Morgan fingerprint density at radius 3 is 2.42 bits per heavy atom. The van der Waals surface area contributed by atoms with Crippen molar-refractivity contribution in [2.45, 2.75) is 0 Å². The van der Waals surface area contributed by atoms with E-state index in [1.807, 2.05) is 0 Å². The molecule has 0 atom stereocenters. The van der Waals surface area contributed by atoms with Gasteiger partial charge in [-0.25, -0.2) is 4.79 Å². The topological polar surface area (TPSA) is 95.5 Å². The molecule has 0 bridgehead atoms. The van der Waals surface area contributed by atoms with Crippen LogP contribution in [0.25, 0.3) is 6.08 Å². The van der Waals surface area contributed by atoms with E-state index >= 15 is 0 Å². The summed E-state index contributed by atoms with van der Waals surface area (Å²) >= 11 is 4.66. The minimum absolute atomic E-state index is 0.0496. The Morgan fingerprint density at radius 1 is 1.21 bits per heavy atom. The van der Waals surface area contributed by atoms with Gasteiger partial charge in [-0.3, -0.25) is 20.2 Å². The first kappa shape index (κ1) is 12.9. The van der Waals surface area contributed by atoms with Crippen LogP contribution in [0.2, 0.25) is 0 Å². The van der Waals surface area contributed by atoms with Crippen LogP contribution in [-0.2, 0) is 9.59 Å². The van der Waals surface area contributed by atoms with Gasteiger partial charge in [-0.15, -0.1) is 0 Å². The van der Waals surface area contributed by atoms with Gasteiger partial charge in [0, 0.05) is 0 Å². The van der Waals surface area contributed by atoms with Gasteiger partial charge in [-0.2, -0.15) is 0 Å². The minimum atomic E-state index is -1.08. The van der Waals surface area contributed by atoms with E-state index in [0.29, 0.717) is 5.56 Å². The molecule has 7 heteroatoms. The summed E-state index contributed by atoms with van der Waals surface area (Å²) in [6.45, 7) is 0. The number of carboxylic acids is 1. The lowest BCUT2D eigenvalue weighted by molar-refractivity contribution is -0.123. The van der Waals surface area contributed by atoms with Gasteiger partial charge in [-0.1, -0.05) is 12.1 Å². The minimum Gasteiger partial charge on any atom is -0.478 e. The fraction of sp³-hybridized carbons (Fsp3) is 0. The predicted molar refractivity (Wildman–Crippen MR) is 70.3 cm³/mol. The van der Waals surface area contributed by atoms with Gasteiger partial charge in [0.15, 0.2) is 5.11 Å². The number of nitrogens with one attached hydrogen (secondary N) is 2. The van der Waals surface area contributed by atoms with Gasteiger partial charge in [0.1, 0.15) is 5.57 Å². The van der Waals surface area contributed by atoms with Crippen LogP contribution in [0.3, 0.4) is 0 Å². The molecule has 19 heavy (non-hydrogen) atoms. The van der Waals surface area contributed by atoms with Crippen LogP contribution in [0.5, 0.6) is 0 Å². The summed E-state index contributed by atoms with van der Waals surface area (Å²) in [5.74, 6) is -2.32. The molecule has 0 saturated carbocycles. The first-order chi connectivity index (χ1) is 8.97. The molecule has 0 unspecified atom stereocenters. The van der Waals surface area contributed by atoms with Gasteiger partial charge in [0.05, 0.1) is 5.56 Å². The smallest absolute Gasteiger partial charge is 0.335 e. The number of carbonyl (C=O) groups excluding carboxylic acids is 2. The van der Waals surface area contributed by atoms with Crippen LogP contribution in [0.4, 0.5) is 0 Å². The van der Waals surface area contributed by atoms with Crippen molar-refractivity contribution >= 4 is 41.2 Å². The van der Waals surface area contributed by atoms with Crippen LogP contribution < -0.4 is 10.6 Å². The van der Waals surface area contributed by atoms with E-state index in [2.05, 4.69) is 22.9 Å². The van der Waals surface area contributed by atoms with Gasteiger partial charge in [0.2, 0.25) is 0 Å². The number of thiocarbonyl (C=S) groups is 1. The number of hydrogen-bond acceptors (Lipinski definition) is 4. The van der Waals surface area contributed by atoms with Crippen LogP contribution in [-0.4, -0.2) is 28.0 Å². The van der Waals surface area contributed by atoms with Crippen molar-refractivity contribution in [3.05, 3.63) is 41.0 Å². The fourth-order valence-corrected chi connectivity index (χ4v) is 1.72. The molecule has 1 heterocycles. The standard InChI is InChI=1S/C12H8N2O4S/c15-9-8(10(16)14-12(19)13-9)5-6-2-1-3-7(4-6)11(17)18/h1-5H,(H,17,18)(H2,13,14,15,16,19). The van der Waals surface area contributed by atoms with E-state index in [-0.39, 0.29) is 16.2 Å². The average molecular weight is 276 g/mol. The van der Waals surface area contributed by atoms with Crippen molar-refractivity contribution in [1.29, 1.82) is 0 Å². The highest BCUT2D eigenvalue weighted by Gasteiger charge is 2.25. The highest BCUT2D eigenvalue weighted by molar-refractivity contribution is 7.80. The third kappa shape index (κ3) is 2.83. The van der Waals surface area contributed by atoms with Crippen LogP contribution in [0.15, 0.2) is 29.8 Å². The summed E-state index contributed by atoms with van der Waals surface area (Å²) in [4.78, 5) is 34.0. The maximum absolute atomic E-state index is 11.6. The maximum atomic E-state index is 11.6.